The number of nitrogens with one attached hydrogen (secondary N) is 1. The van der Waals surface area contributed by atoms with Gasteiger partial charge in [0.1, 0.15) is 0 Å². The highest BCUT2D eigenvalue weighted by Gasteiger charge is 2.29. The fourth-order valence-corrected chi connectivity index (χ4v) is 3.18. The molecule has 1 aliphatic carbocycles. The summed E-state index contributed by atoms with van der Waals surface area (Å²) in [5.74, 6) is 0.897. The molecule has 1 fully saturated rings. The predicted molar refractivity (Wildman–Crippen MR) is 80.8 cm³/mol. The maximum absolute atomic E-state index is 6.00. The molecule has 0 aromatic rings. The van der Waals surface area contributed by atoms with Crippen molar-refractivity contribution >= 4 is 0 Å². The van der Waals surface area contributed by atoms with Gasteiger partial charge in [-0.15, -0.1) is 0 Å². The third kappa shape index (κ3) is 5.71. The molecule has 0 radical (unpaired) electrons. The molecule has 1 rings (SSSR count). The molecular weight excluding hydrogens is 220 g/mol. The Morgan fingerprint density at radius 3 is 2.44 bits per heavy atom. The summed E-state index contributed by atoms with van der Waals surface area (Å²) >= 11 is 0. The molecule has 3 unspecified atom stereocenters. The Labute approximate surface area is 114 Å². The molecule has 108 valence electrons. The van der Waals surface area contributed by atoms with Crippen LogP contribution in [0.4, 0.5) is 0 Å². The van der Waals surface area contributed by atoms with Crippen LogP contribution in [0, 0.1) is 5.92 Å². The summed E-state index contributed by atoms with van der Waals surface area (Å²) in [5.41, 5.74) is 6.17. The lowest BCUT2D eigenvalue weighted by atomic mass is 9.92. The lowest BCUT2D eigenvalue weighted by Crippen LogP contribution is -2.52. The van der Waals surface area contributed by atoms with Gasteiger partial charge in [-0.3, -0.25) is 0 Å². The highest BCUT2D eigenvalue weighted by Crippen LogP contribution is 2.27. The number of hydrogen-bond acceptors (Lipinski definition) is 2. The van der Waals surface area contributed by atoms with Gasteiger partial charge in [-0.25, -0.2) is 0 Å². The number of nitrogens with two attached hydrogens (primary N) is 1. The highest BCUT2D eigenvalue weighted by molar-refractivity contribution is 4.90. The van der Waals surface area contributed by atoms with Crippen LogP contribution < -0.4 is 11.1 Å². The van der Waals surface area contributed by atoms with E-state index in [0.717, 1.165) is 12.5 Å². The van der Waals surface area contributed by atoms with Crippen LogP contribution in [-0.4, -0.2) is 18.1 Å². The Hall–Kier alpha value is -0.0800. The average Bonchev–Trinajstić information content (AvgIpc) is 2.74. The number of hydrogen-bond donors (Lipinski definition) is 2. The smallest absolute Gasteiger partial charge is 0.0278 e. The Kier molecular flexibility index (Phi) is 7.25. The molecule has 0 aliphatic heterocycles. The van der Waals surface area contributed by atoms with Crippen molar-refractivity contribution in [1.82, 2.24) is 5.32 Å². The summed E-state index contributed by atoms with van der Waals surface area (Å²) in [6.45, 7) is 7.72. The van der Waals surface area contributed by atoms with Crippen molar-refractivity contribution in [1.29, 1.82) is 0 Å². The van der Waals surface area contributed by atoms with Gasteiger partial charge in [0, 0.05) is 18.1 Å². The van der Waals surface area contributed by atoms with Crippen molar-refractivity contribution in [2.45, 2.75) is 90.1 Å². The summed E-state index contributed by atoms with van der Waals surface area (Å²) in [7, 11) is 0. The van der Waals surface area contributed by atoms with Gasteiger partial charge in [-0.2, -0.15) is 0 Å². The van der Waals surface area contributed by atoms with Crippen LogP contribution in [0.15, 0.2) is 0 Å². The Morgan fingerprint density at radius 2 is 1.89 bits per heavy atom. The van der Waals surface area contributed by atoms with Crippen LogP contribution in [0.3, 0.4) is 0 Å². The molecule has 0 aromatic heterocycles. The minimum atomic E-state index is 0.168. The van der Waals surface area contributed by atoms with Crippen molar-refractivity contribution in [3.8, 4) is 0 Å². The molecule has 0 spiro atoms. The van der Waals surface area contributed by atoms with Crippen LogP contribution in [0.2, 0.25) is 0 Å². The molecule has 3 atom stereocenters. The minimum absolute atomic E-state index is 0.168. The van der Waals surface area contributed by atoms with Crippen LogP contribution in [0.1, 0.15) is 78.6 Å². The second-order valence-corrected chi connectivity index (χ2v) is 6.69. The van der Waals surface area contributed by atoms with Gasteiger partial charge in [0.15, 0.2) is 0 Å². The summed E-state index contributed by atoms with van der Waals surface area (Å²) in [5, 5.41) is 3.84. The second kappa shape index (κ2) is 8.16. The SMILES string of the molecule is CCCCCCCC(C)(CN)NC1CCC(C)C1. The summed E-state index contributed by atoms with van der Waals surface area (Å²) in [6, 6.07) is 0.712. The zero-order valence-corrected chi connectivity index (χ0v) is 12.8. The van der Waals surface area contributed by atoms with Crippen LogP contribution >= 0.6 is 0 Å². The quantitative estimate of drug-likeness (QED) is 0.613. The maximum Gasteiger partial charge on any atom is 0.0278 e. The van der Waals surface area contributed by atoms with Gasteiger partial charge < -0.3 is 11.1 Å². The van der Waals surface area contributed by atoms with E-state index in [-0.39, 0.29) is 5.54 Å². The van der Waals surface area contributed by atoms with Crippen molar-refractivity contribution in [3.63, 3.8) is 0 Å². The average molecular weight is 254 g/mol. The third-order valence-electron chi connectivity index (χ3n) is 4.53. The molecule has 1 aliphatic rings. The first-order chi connectivity index (χ1) is 8.59. The van der Waals surface area contributed by atoms with E-state index in [2.05, 4.69) is 26.1 Å². The zero-order valence-electron chi connectivity index (χ0n) is 12.8. The normalized spacial score (nSPS) is 27.3. The largest absolute Gasteiger partial charge is 0.329 e. The Bertz CT molecular complexity index is 217. The molecule has 3 N–H and O–H groups in total. The standard InChI is InChI=1S/C16H34N2/c1-4-5-6-7-8-11-16(3,13-17)18-15-10-9-14(2)12-15/h14-15,18H,4-13,17H2,1-3H3. The number of rotatable bonds is 9. The first-order valence-corrected chi connectivity index (χ1v) is 8.07. The molecule has 0 saturated heterocycles. The van der Waals surface area contributed by atoms with Crippen molar-refractivity contribution < 1.29 is 0 Å². The van der Waals surface area contributed by atoms with Crippen molar-refractivity contribution in [3.05, 3.63) is 0 Å². The summed E-state index contributed by atoms with van der Waals surface area (Å²) < 4.78 is 0. The van der Waals surface area contributed by atoms with Crippen LogP contribution in [0.5, 0.6) is 0 Å². The molecule has 2 nitrogen and oxygen atoms in total. The molecule has 18 heavy (non-hydrogen) atoms. The molecule has 0 aromatic carbocycles. The Morgan fingerprint density at radius 1 is 1.17 bits per heavy atom. The van der Waals surface area contributed by atoms with E-state index < -0.39 is 0 Å². The molecule has 0 heterocycles. The van der Waals surface area contributed by atoms with E-state index in [1.807, 2.05) is 0 Å². The van der Waals surface area contributed by atoms with E-state index in [9.17, 15) is 0 Å². The first kappa shape index (κ1) is 16.0. The highest BCUT2D eigenvalue weighted by atomic mass is 15.0. The van der Waals surface area contributed by atoms with Gasteiger partial charge in [-0.05, 0) is 38.5 Å². The topological polar surface area (TPSA) is 38.0 Å². The predicted octanol–water partition coefficient (Wildman–Crippen LogP) is 3.84. The first-order valence-electron chi connectivity index (χ1n) is 8.07. The third-order valence-corrected chi connectivity index (χ3v) is 4.53. The summed E-state index contributed by atoms with van der Waals surface area (Å²) in [4.78, 5) is 0. The molecule has 0 amide bonds. The van der Waals surface area contributed by atoms with Crippen LogP contribution in [0.25, 0.3) is 0 Å². The zero-order chi connectivity index (χ0) is 13.4. The van der Waals surface area contributed by atoms with Crippen molar-refractivity contribution in [2.75, 3.05) is 6.54 Å². The van der Waals surface area contributed by atoms with Crippen molar-refractivity contribution in [2.24, 2.45) is 11.7 Å². The lowest BCUT2D eigenvalue weighted by molar-refractivity contribution is 0.285. The molecular formula is C16H34N2. The second-order valence-electron chi connectivity index (χ2n) is 6.69. The van der Waals surface area contributed by atoms with Gasteiger partial charge >= 0.3 is 0 Å². The van der Waals surface area contributed by atoms with E-state index >= 15 is 0 Å². The van der Waals surface area contributed by atoms with E-state index in [1.54, 1.807) is 0 Å². The molecule has 0 bridgehead atoms. The number of unbranched alkanes of at least 4 members (excludes halogenated alkanes) is 4. The molecule has 2 heteroatoms. The lowest BCUT2D eigenvalue weighted by Gasteiger charge is -2.33. The maximum atomic E-state index is 6.00. The fourth-order valence-electron chi connectivity index (χ4n) is 3.18. The fraction of sp³-hybridized carbons (Fsp3) is 1.00. The molecule has 1 saturated carbocycles. The van der Waals surface area contributed by atoms with E-state index in [0.29, 0.717) is 6.04 Å². The van der Waals surface area contributed by atoms with Gasteiger partial charge in [0.25, 0.3) is 0 Å². The monoisotopic (exact) mass is 254 g/mol. The van der Waals surface area contributed by atoms with Gasteiger partial charge in [-0.1, -0.05) is 46.0 Å². The van der Waals surface area contributed by atoms with Gasteiger partial charge in [0.05, 0.1) is 0 Å². The summed E-state index contributed by atoms with van der Waals surface area (Å²) in [6.07, 6.45) is 12.1. The van der Waals surface area contributed by atoms with Gasteiger partial charge in [0.2, 0.25) is 0 Å². The van der Waals surface area contributed by atoms with E-state index in [4.69, 9.17) is 5.73 Å². The van der Waals surface area contributed by atoms with Crippen LogP contribution in [-0.2, 0) is 0 Å². The Balaban J connectivity index is 2.23. The minimum Gasteiger partial charge on any atom is -0.329 e. The van der Waals surface area contributed by atoms with E-state index in [1.165, 1.54) is 57.8 Å².